The quantitative estimate of drug-likeness (QED) is 0.470. The molecule has 1 aliphatic rings. The van der Waals surface area contributed by atoms with E-state index in [-0.39, 0.29) is 11.6 Å². The second kappa shape index (κ2) is 5.48. The number of hydrogen-bond acceptors (Lipinski definition) is 5. The molecule has 0 N–H and O–H groups in total. The largest absolute Gasteiger partial charge is 0.366 e. The third kappa shape index (κ3) is 2.71. The highest BCUT2D eigenvalue weighted by atomic mass is 16.6. The molecule has 0 aromatic heterocycles. The van der Waals surface area contributed by atoms with Crippen molar-refractivity contribution in [2.75, 3.05) is 18.0 Å². The molecule has 0 bridgehead atoms. The van der Waals surface area contributed by atoms with Crippen molar-refractivity contribution in [1.82, 2.24) is 0 Å². The Morgan fingerprint density at radius 3 is 2.63 bits per heavy atom. The fourth-order valence-electron chi connectivity index (χ4n) is 2.28. The molecule has 6 nitrogen and oxygen atoms in total. The molecule has 0 amide bonds. The molecule has 0 aliphatic carbocycles. The average molecular weight is 259 g/mol. The summed E-state index contributed by atoms with van der Waals surface area (Å²) in [5.74, 6) is 0.0365. The van der Waals surface area contributed by atoms with E-state index in [0.717, 1.165) is 6.29 Å². The standard InChI is InChI=1S/C13H13N3O3/c14-8-11-1-2-12(16(18)19)13(7-11)15-5-3-10(9-17)4-6-15/h1-2,7,9-10H,3-6H2. The number of carbonyl (C=O) groups is 1. The topological polar surface area (TPSA) is 87.2 Å². The minimum atomic E-state index is -0.442. The highest BCUT2D eigenvalue weighted by molar-refractivity contribution is 5.66. The molecule has 1 saturated heterocycles. The predicted octanol–water partition coefficient (Wildman–Crippen LogP) is 1.88. The van der Waals surface area contributed by atoms with Crippen LogP contribution in [0.5, 0.6) is 0 Å². The lowest BCUT2D eigenvalue weighted by atomic mass is 9.98. The van der Waals surface area contributed by atoms with Gasteiger partial charge in [-0.25, -0.2) is 0 Å². The number of piperidine rings is 1. The third-order valence-electron chi connectivity index (χ3n) is 3.37. The van der Waals surface area contributed by atoms with Crippen molar-refractivity contribution >= 4 is 17.7 Å². The Morgan fingerprint density at radius 1 is 1.42 bits per heavy atom. The number of nitro benzene ring substituents is 1. The Balaban J connectivity index is 2.30. The highest BCUT2D eigenvalue weighted by Crippen LogP contribution is 2.31. The van der Waals surface area contributed by atoms with Crippen LogP contribution < -0.4 is 4.90 Å². The van der Waals surface area contributed by atoms with Gasteiger partial charge in [0.1, 0.15) is 12.0 Å². The Bertz CT molecular complexity index is 543. The lowest BCUT2D eigenvalue weighted by Crippen LogP contribution is -2.34. The van der Waals surface area contributed by atoms with Crippen LogP contribution in [-0.2, 0) is 4.79 Å². The second-order valence-electron chi connectivity index (χ2n) is 4.53. The number of nitriles is 1. The normalized spacial score (nSPS) is 15.8. The Hall–Kier alpha value is -2.42. The van der Waals surface area contributed by atoms with Crippen molar-refractivity contribution in [3.63, 3.8) is 0 Å². The predicted molar refractivity (Wildman–Crippen MR) is 68.8 cm³/mol. The molecule has 0 atom stereocenters. The first-order valence-corrected chi connectivity index (χ1v) is 6.04. The van der Waals surface area contributed by atoms with E-state index in [9.17, 15) is 14.9 Å². The zero-order valence-corrected chi connectivity index (χ0v) is 10.3. The molecular formula is C13H13N3O3. The van der Waals surface area contributed by atoms with Crippen LogP contribution in [0.1, 0.15) is 18.4 Å². The Kier molecular flexibility index (Phi) is 3.76. The summed E-state index contributed by atoms with van der Waals surface area (Å²) in [6.45, 7) is 1.19. The summed E-state index contributed by atoms with van der Waals surface area (Å²) < 4.78 is 0. The first-order chi connectivity index (χ1) is 9.15. The van der Waals surface area contributed by atoms with Gasteiger partial charge in [0.05, 0.1) is 16.6 Å². The summed E-state index contributed by atoms with van der Waals surface area (Å²) in [5.41, 5.74) is 0.870. The van der Waals surface area contributed by atoms with Crippen LogP contribution in [0.15, 0.2) is 18.2 Å². The first-order valence-electron chi connectivity index (χ1n) is 6.04. The molecule has 0 unspecified atom stereocenters. The summed E-state index contributed by atoms with van der Waals surface area (Å²) in [4.78, 5) is 23.2. The fraction of sp³-hybridized carbons (Fsp3) is 0.385. The van der Waals surface area contributed by atoms with Crippen molar-refractivity contribution in [3.8, 4) is 6.07 Å². The maximum absolute atomic E-state index is 11.0. The van der Waals surface area contributed by atoms with Crippen molar-refractivity contribution in [2.45, 2.75) is 12.8 Å². The van der Waals surface area contributed by atoms with Crippen molar-refractivity contribution in [2.24, 2.45) is 5.92 Å². The summed E-state index contributed by atoms with van der Waals surface area (Å²) in [7, 11) is 0. The van der Waals surface area contributed by atoms with E-state index in [1.165, 1.54) is 12.1 Å². The monoisotopic (exact) mass is 259 g/mol. The maximum atomic E-state index is 11.0. The summed E-state index contributed by atoms with van der Waals surface area (Å²) >= 11 is 0. The van der Waals surface area contributed by atoms with Crippen LogP contribution in [0.2, 0.25) is 0 Å². The van der Waals surface area contributed by atoms with Crippen LogP contribution >= 0.6 is 0 Å². The third-order valence-corrected chi connectivity index (χ3v) is 3.37. The second-order valence-corrected chi connectivity index (χ2v) is 4.53. The van der Waals surface area contributed by atoms with Gasteiger partial charge in [-0.15, -0.1) is 0 Å². The minimum absolute atomic E-state index is 0.00329. The average Bonchev–Trinajstić information content (AvgIpc) is 2.46. The first kappa shape index (κ1) is 13.0. The van der Waals surface area contributed by atoms with E-state index in [1.54, 1.807) is 6.07 Å². The number of hydrogen-bond donors (Lipinski definition) is 0. The lowest BCUT2D eigenvalue weighted by Gasteiger charge is -2.31. The summed E-state index contributed by atoms with van der Waals surface area (Å²) in [5, 5.41) is 19.9. The van der Waals surface area contributed by atoms with Crippen molar-refractivity contribution in [3.05, 3.63) is 33.9 Å². The lowest BCUT2D eigenvalue weighted by molar-refractivity contribution is -0.384. The van der Waals surface area contributed by atoms with Gasteiger partial charge in [-0.05, 0) is 25.0 Å². The van der Waals surface area contributed by atoms with Crippen molar-refractivity contribution < 1.29 is 9.72 Å². The van der Waals surface area contributed by atoms with Gasteiger partial charge in [-0.3, -0.25) is 10.1 Å². The summed E-state index contributed by atoms with van der Waals surface area (Å²) in [6, 6.07) is 6.33. The molecule has 2 rings (SSSR count). The van der Waals surface area contributed by atoms with Crippen LogP contribution in [0.25, 0.3) is 0 Å². The van der Waals surface area contributed by atoms with Gasteiger partial charge in [-0.1, -0.05) is 0 Å². The number of nitrogens with zero attached hydrogens (tertiary/aromatic N) is 3. The highest BCUT2D eigenvalue weighted by Gasteiger charge is 2.24. The molecule has 0 spiro atoms. The number of benzene rings is 1. The maximum Gasteiger partial charge on any atom is 0.292 e. The van der Waals surface area contributed by atoms with Gasteiger partial charge >= 0.3 is 0 Å². The molecule has 1 aliphatic heterocycles. The number of carbonyl (C=O) groups excluding carboxylic acids is 1. The van der Waals surface area contributed by atoms with Crippen molar-refractivity contribution in [1.29, 1.82) is 5.26 Å². The number of anilines is 1. The van der Waals surface area contributed by atoms with E-state index >= 15 is 0 Å². The van der Waals surface area contributed by atoms with Crippen LogP contribution in [0.3, 0.4) is 0 Å². The number of rotatable bonds is 3. The number of aldehydes is 1. The van der Waals surface area contributed by atoms with Gasteiger partial charge in [0, 0.05) is 25.1 Å². The molecule has 1 fully saturated rings. The molecule has 1 aromatic carbocycles. The molecule has 1 heterocycles. The zero-order valence-electron chi connectivity index (χ0n) is 10.3. The molecule has 0 radical (unpaired) electrons. The minimum Gasteiger partial charge on any atom is -0.366 e. The smallest absolute Gasteiger partial charge is 0.292 e. The molecule has 19 heavy (non-hydrogen) atoms. The molecule has 98 valence electrons. The van der Waals surface area contributed by atoms with E-state index in [2.05, 4.69) is 0 Å². The van der Waals surface area contributed by atoms with E-state index in [4.69, 9.17) is 5.26 Å². The fourth-order valence-corrected chi connectivity index (χ4v) is 2.28. The van der Waals surface area contributed by atoms with E-state index in [0.29, 0.717) is 37.2 Å². The van der Waals surface area contributed by atoms with Crippen LogP contribution in [-0.4, -0.2) is 24.3 Å². The van der Waals surface area contributed by atoms with Gasteiger partial charge in [-0.2, -0.15) is 5.26 Å². The van der Waals surface area contributed by atoms with Crippen LogP contribution in [0.4, 0.5) is 11.4 Å². The van der Waals surface area contributed by atoms with Gasteiger partial charge in [0.15, 0.2) is 0 Å². The molecular weight excluding hydrogens is 246 g/mol. The molecule has 1 aromatic rings. The Labute approximate surface area is 110 Å². The van der Waals surface area contributed by atoms with E-state index < -0.39 is 4.92 Å². The molecule has 6 heteroatoms. The van der Waals surface area contributed by atoms with Gasteiger partial charge < -0.3 is 9.69 Å². The van der Waals surface area contributed by atoms with E-state index in [1.807, 2.05) is 11.0 Å². The van der Waals surface area contributed by atoms with Gasteiger partial charge in [0.25, 0.3) is 5.69 Å². The zero-order chi connectivity index (χ0) is 13.8. The summed E-state index contributed by atoms with van der Waals surface area (Å²) in [6.07, 6.45) is 2.33. The van der Waals surface area contributed by atoms with Gasteiger partial charge in [0.2, 0.25) is 0 Å². The SMILES string of the molecule is N#Cc1ccc([N+](=O)[O-])c(N2CCC(C=O)CC2)c1. The van der Waals surface area contributed by atoms with Crippen LogP contribution in [0, 0.1) is 27.4 Å². The molecule has 0 saturated carbocycles. The number of nitro groups is 1. The Morgan fingerprint density at radius 2 is 2.11 bits per heavy atom.